The summed E-state index contributed by atoms with van der Waals surface area (Å²) in [5.74, 6) is 1.93. The minimum atomic E-state index is 0.105. The first-order valence-electron chi connectivity index (χ1n) is 4.99. The number of hydrogen-bond acceptors (Lipinski definition) is 6. The van der Waals surface area contributed by atoms with Crippen molar-refractivity contribution in [2.45, 2.75) is 0 Å². The Morgan fingerprint density at radius 2 is 2.00 bits per heavy atom. The average molecular weight is 311 g/mol. The Bertz CT molecular complexity index is 577. The molecule has 0 bridgehead atoms. The van der Waals surface area contributed by atoms with E-state index in [9.17, 15) is 0 Å². The zero-order valence-electron chi connectivity index (χ0n) is 9.55. The molecule has 0 saturated carbocycles. The first-order valence-corrected chi connectivity index (χ1v) is 5.79. The first kappa shape index (κ1) is 12.4. The maximum absolute atomic E-state index is 5.68. The summed E-state index contributed by atoms with van der Waals surface area (Å²) in [5, 5.41) is 0. The van der Waals surface area contributed by atoms with Gasteiger partial charge < -0.3 is 20.9 Å². The molecule has 0 saturated heterocycles. The number of ether oxygens (including phenoxy) is 2. The fraction of sp³-hybridized carbons (Fsp3) is 0.0909. The maximum Gasteiger partial charge on any atom is 0.222 e. The Morgan fingerprint density at radius 3 is 2.61 bits per heavy atom. The third-order valence-electron chi connectivity index (χ3n) is 2.16. The molecule has 0 aliphatic carbocycles. The van der Waals surface area contributed by atoms with Gasteiger partial charge in [-0.1, -0.05) is 0 Å². The number of nitrogens with zero attached hydrogens (tertiary/aromatic N) is 2. The standard InChI is InChI=1S/C11H11BrN4O2/c1-17-6-2-3-8(7(12)4-6)18-9-5-15-11(14)16-10(9)13/h2-5H,1H3,(H4,13,14,15,16). The van der Waals surface area contributed by atoms with E-state index >= 15 is 0 Å². The van der Waals surface area contributed by atoms with Gasteiger partial charge in [-0.25, -0.2) is 4.98 Å². The summed E-state index contributed by atoms with van der Waals surface area (Å²) in [7, 11) is 1.59. The van der Waals surface area contributed by atoms with Crippen molar-refractivity contribution in [3.05, 3.63) is 28.9 Å². The number of hydrogen-bond donors (Lipinski definition) is 2. The van der Waals surface area contributed by atoms with Crippen LogP contribution in [0.15, 0.2) is 28.9 Å². The second kappa shape index (κ2) is 5.09. The van der Waals surface area contributed by atoms with E-state index in [-0.39, 0.29) is 11.8 Å². The molecule has 1 aromatic heterocycles. The lowest BCUT2D eigenvalue weighted by molar-refractivity contribution is 0.412. The van der Waals surface area contributed by atoms with Crippen LogP contribution in [0.1, 0.15) is 0 Å². The van der Waals surface area contributed by atoms with Crippen molar-refractivity contribution in [3.63, 3.8) is 0 Å². The van der Waals surface area contributed by atoms with Crippen LogP contribution in [0.4, 0.5) is 11.8 Å². The van der Waals surface area contributed by atoms with Crippen LogP contribution in [-0.4, -0.2) is 17.1 Å². The van der Waals surface area contributed by atoms with Crippen LogP contribution in [0.2, 0.25) is 0 Å². The van der Waals surface area contributed by atoms with Gasteiger partial charge in [0.15, 0.2) is 11.6 Å². The van der Waals surface area contributed by atoms with Gasteiger partial charge in [0.2, 0.25) is 5.95 Å². The van der Waals surface area contributed by atoms with Crippen molar-refractivity contribution in [3.8, 4) is 17.2 Å². The van der Waals surface area contributed by atoms with E-state index in [0.29, 0.717) is 11.5 Å². The minimum Gasteiger partial charge on any atom is -0.497 e. The molecule has 0 radical (unpaired) electrons. The summed E-state index contributed by atoms with van der Waals surface area (Å²) in [5.41, 5.74) is 11.1. The van der Waals surface area contributed by atoms with E-state index in [2.05, 4.69) is 25.9 Å². The molecule has 6 nitrogen and oxygen atoms in total. The van der Waals surface area contributed by atoms with E-state index < -0.39 is 0 Å². The third-order valence-corrected chi connectivity index (χ3v) is 2.78. The lowest BCUT2D eigenvalue weighted by Crippen LogP contribution is -2.01. The van der Waals surface area contributed by atoms with Gasteiger partial charge in [-0.3, -0.25) is 0 Å². The molecular formula is C11H11BrN4O2. The predicted octanol–water partition coefficient (Wildman–Crippen LogP) is 2.20. The third kappa shape index (κ3) is 2.62. The van der Waals surface area contributed by atoms with Crippen LogP contribution >= 0.6 is 15.9 Å². The first-order chi connectivity index (χ1) is 8.60. The summed E-state index contributed by atoms with van der Waals surface area (Å²) >= 11 is 3.37. The summed E-state index contributed by atoms with van der Waals surface area (Å²) in [6.07, 6.45) is 1.42. The molecule has 2 aromatic rings. The Labute approximate surface area is 112 Å². The van der Waals surface area contributed by atoms with Gasteiger partial charge in [-0.2, -0.15) is 4.98 Å². The molecule has 0 unspecified atom stereocenters. The normalized spacial score (nSPS) is 10.1. The molecule has 0 fully saturated rings. The fourth-order valence-corrected chi connectivity index (χ4v) is 1.73. The van der Waals surface area contributed by atoms with E-state index in [1.807, 2.05) is 0 Å². The average Bonchev–Trinajstić information content (AvgIpc) is 2.34. The molecule has 1 heterocycles. The zero-order valence-corrected chi connectivity index (χ0v) is 11.1. The van der Waals surface area contributed by atoms with E-state index in [0.717, 1.165) is 10.2 Å². The zero-order chi connectivity index (χ0) is 13.1. The smallest absolute Gasteiger partial charge is 0.222 e. The number of nitrogens with two attached hydrogens (primary N) is 2. The van der Waals surface area contributed by atoms with Crippen molar-refractivity contribution in [2.75, 3.05) is 18.6 Å². The molecule has 18 heavy (non-hydrogen) atoms. The van der Waals surface area contributed by atoms with Crippen molar-refractivity contribution in [1.29, 1.82) is 0 Å². The van der Waals surface area contributed by atoms with Gasteiger partial charge in [0.1, 0.15) is 11.5 Å². The molecule has 1 aromatic carbocycles. The van der Waals surface area contributed by atoms with Crippen LogP contribution in [-0.2, 0) is 0 Å². The maximum atomic E-state index is 5.68. The highest BCUT2D eigenvalue weighted by molar-refractivity contribution is 9.10. The lowest BCUT2D eigenvalue weighted by atomic mass is 10.3. The number of halogens is 1. The van der Waals surface area contributed by atoms with Gasteiger partial charge in [0, 0.05) is 0 Å². The second-order valence-corrected chi connectivity index (χ2v) is 4.23. The number of aromatic nitrogens is 2. The molecule has 2 rings (SSSR count). The van der Waals surface area contributed by atoms with Crippen molar-refractivity contribution in [2.24, 2.45) is 0 Å². The molecular weight excluding hydrogens is 300 g/mol. The molecule has 0 spiro atoms. The van der Waals surface area contributed by atoms with Crippen LogP contribution in [0.5, 0.6) is 17.2 Å². The lowest BCUT2D eigenvalue weighted by Gasteiger charge is -2.10. The van der Waals surface area contributed by atoms with Gasteiger partial charge >= 0.3 is 0 Å². The van der Waals surface area contributed by atoms with Crippen LogP contribution in [0, 0.1) is 0 Å². The Hall–Kier alpha value is -2.02. The predicted molar refractivity (Wildman–Crippen MR) is 71.6 cm³/mol. The highest BCUT2D eigenvalue weighted by Crippen LogP contribution is 2.34. The summed E-state index contributed by atoms with van der Waals surface area (Å²) < 4.78 is 11.4. The topological polar surface area (TPSA) is 96.3 Å². The molecule has 0 aliphatic rings. The van der Waals surface area contributed by atoms with Gasteiger partial charge in [0.05, 0.1) is 17.8 Å². The number of nitrogen functional groups attached to an aromatic ring is 2. The van der Waals surface area contributed by atoms with Crippen molar-refractivity contribution < 1.29 is 9.47 Å². The number of rotatable bonds is 3. The van der Waals surface area contributed by atoms with E-state index in [1.54, 1.807) is 25.3 Å². The van der Waals surface area contributed by atoms with Crippen LogP contribution < -0.4 is 20.9 Å². The monoisotopic (exact) mass is 310 g/mol. The van der Waals surface area contributed by atoms with Crippen LogP contribution in [0.3, 0.4) is 0 Å². The van der Waals surface area contributed by atoms with E-state index in [1.165, 1.54) is 6.20 Å². The Morgan fingerprint density at radius 1 is 1.22 bits per heavy atom. The highest BCUT2D eigenvalue weighted by atomic mass is 79.9. The molecule has 94 valence electrons. The second-order valence-electron chi connectivity index (χ2n) is 3.38. The largest absolute Gasteiger partial charge is 0.497 e. The summed E-state index contributed by atoms with van der Waals surface area (Å²) in [4.78, 5) is 7.63. The summed E-state index contributed by atoms with van der Waals surface area (Å²) in [6.45, 7) is 0. The minimum absolute atomic E-state index is 0.105. The van der Waals surface area contributed by atoms with Crippen molar-refractivity contribution >= 4 is 27.7 Å². The summed E-state index contributed by atoms with van der Waals surface area (Å²) in [6, 6.07) is 5.30. The van der Waals surface area contributed by atoms with E-state index in [4.69, 9.17) is 20.9 Å². The molecule has 4 N–H and O–H groups in total. The Kier molecular flexibility index (Phi) is 3.52. The SMILES string of the molecule is COc1ccc(Oc2cnc(N)nc2N)c(Br)c1. The van der Waals surface area contributed by atoms with Gasteiger partial charge in [0.25, 0.3) is 0 Å². The van der Waals surface area contributed by atoms with Crippen molar-refractivity contribution in [1.82, 2.24) is 9.97 Å². The molecule has 0 aliphatic heterocycles. The quantitative estimate of drug-likeness (QED) is 0.902. The molecule has 0 amide bonds. The van der Waals surface area contributed by atoms with Gasteiger partial charge in [-0.15, -0.1) is 0 Å². The number of anilines is 2. The Balaban J connectivity index is 2.28. The van der Waals surface area contributed by atoms with Gasteiger partial charge in [-0.05, 0) is 34.1 Å². The molecule has 7 heteroatoms. The van der Waals surface area contributed by atoms with Crippen LogP contribution in [0.25, 0.3) is 0 Å². The molecule has 0 atom stereocenters. The fourth-order valence-electron chi connectivity index (χ4n) is 1.29. The highest BCUT2D eigenvalue weighted by Gasteiger charge is 2.08. The number of methoxy groups -OCH3 is 1. The number of benzene rings is 1.